The van der Waals surface area contributed by atoms with Crippen LogP contribution in [0.2, 0.25) is 0 Å². The van der Waals surface area contributed by atoms with Gasteiger partial charge >= 0.3 is 7.60 Å². The molecule has 0 unspecified atom stereocenters. The van der Waals surface area contributed by atoms with E-state index in [1.807, 2.05) is 6.92 Å². The predicted molar refractivity (Wildman–Crippen MR) is 62.7 cm³/mol. The molecule has 0 aromatic rings. The molecular weight excluding hydrogens is 211 g/mol. The van der Waals surface area contributed by atoms with E-state index in [9.17, 15) is 4.57 Å². The van der Waals surface area contributed by atoms with Gasteiger partial charge in [0.1, 0.15) is 0 Å². The van der Waals surface area contributed by atoms with Gasteiger partial charge in [0.2, 0.25) is 0 Å². The minimum atomic E-state index is -3.09. The van der Waals surface area contributed by atoms with Crippen LogP contribution < -0.4 is 0 Å². The molecule has 3 nitrogen and oxygen atoms in total. The van der Waals surface area contributed by atoms with Gasteiger partial charge in [0.15, 0.2) is 0 Å². The Morgan fingerprint density at radius 2 is 1.80 bits per heavy atom. The summed E-state index contributed by atoms with van der Waals surface area (Å²) in [5.41, 5.74) is 0. The maximum atomic E-state index is 12.1. The van der Waals surface area contributed by atoms with E-state index in [0.717, 1.165) is 6.42 Å². The zero-order chi connectivity index (χ0) is 11.7. The Balaban J connectivity index is 4.76. The van der Waals surface area contributed by atoms with E-state index in [4.69, 9.17) is 9.05 Å². The lowest BCUT2D eigenvalue weighted by atomic mass is 10.4. The Bertz CT molecular complexity index is 300. The van der Waals surface area contributed by atoms with Gasteiger partial charge in [-0.25, -0.2) is 0 Å². The third kappa shape index (κ3) is 5.18. The van der Waals surface area contributed by atoms with Crippen molar-refractivity contribution in [1.82, 2.24) is 0 Å². The summed E-state index contributed by atoms with van der Waals surface area (Å²) in [5.74, 6) is 5.69. The van der Waals surface area contributed by atoms with Crippen LogP contribution in [0.3, 0.4) is 0 Å². The lowest BCUT2D eigenvalue weighted by molar-refractivity contribution is 0.226. The molecular formula is C11H19O3P. The molecule has 0 spiro atoms. The SMILES string of the molecule is CCC#CC=C(C)P(=O)(OCC)OCC. The summed E-state index contributed by atoms with van der Waals surface area (Å²) in [7, 11) is -3.09. The van der Waals surface area contributed by atoms with Crippen LogP contribution in [-0.2, 0) is 13.6 Å². The van der Waals surface area contributed by atoms with E-state index in [0.29, 0.717) is 18.5 Å². The Morgan fingerprint density at radius 3 is 2.20 bits per heavy atom. The molecule has 4 heteroatoms. The number of hydrogen-bond acceptors (Lipinski definition) is 3. The Labute approximate surface area is 92.4 Å². The summed E-state index contributed by atoms with van der Waals surface area (Å²) in [6.07, 6.45) is 2.38. The predicted octanol–water partition coefficient (Wildman–Crippen LogP) is 3.57. The minimum Gasteiger partial charge on any atom is -0.306 e. The van der Waals surface area contributed by atoms with Gasteiger partial charge in [0, 0.05) is 11.7 Å². The average molecular weight is 230 g/mol. The van der Waals surface area contributed by atoms with Gasteiger partial charge in [0.05, 0.1) is 13.2 Å². The van der Waals surface area contributed by atoms with Gasteiger partial charge < -0.3 is 9.05 Å². The van der Waals surface area contributed by atoms with Crippen molar-refractivity contribution in [2.45, 2.75) is 34.1 Å². The highest BCUT2D eigenvalue weighted by Crippen LogP contribution is 2.55. The van der Waals surface area contributed by atoms with E-state index in [2.05, 4.69) is 11.8 Å². The first-order chi connectivity index (χ1) is 7.10. The van der Waals surface area contributed by atoms with Gasteiger partial charge in [-0.1, -0.05) is 18.8 Å². The lowest BCUT2D eigenvalue weighted by Crippen LogP contribution is -1.96. The van der Waals surface area contributed by atoms with Crippen molar-refractivity contribution in [2.75, 3.05) is 13.2 Å². The van der Waals surface area contributed by atoms with Crippen LogP contribution in [0, 0.1) is 11.8 Å². The van der Waals surface area contributed by atoms with Gasteiger partial charge in [-0.05, 0) is 26.8 Å². The molecule has 0 aliphatic carbocycles. The molecule has 0 aromatic carbocycles. The van der Waals surface area contributed by atoms with Gasteiger partial charge in [-0.2, -0.15) is 0 Å². The smallest absolute Gasteiger partial charge is 0.306 e. The normalized spacial score (nSPS) is 12.1. The van der Waals surface area contributed by atoms with Crippen LogP contribution in [0.15, 0.2) is 11.4 Å². The summed E-state index contributed by atoms with van der Waals surface area (Å²) in [6.45, 7) is 7.98. The van der Waals surface area contributed by atoms with Crippen molar-refractivity contribution in [3.63, 3.8) is 0 Å². The highest BCUT2D eigenvalue weighted by atomic mass is 31.2. The topological polar surface area (TPSA) is 35.5 Å². The Kier molecular flexibility index (Phi) is 7.42. The van der Waals surface area contributed by atoms with Crippen molar-refractivity contribution >= 4 is 7.60 Å². The largest absolute Gasteiger partial charge is 0.357 e. The van der Waals surface area contributed by atoms with Crippen molar-refractivity contribution in [1.29, 1.82) is 0 Å². The van der Waals surface area contributed by atoms with Crippen molar-refractivity contribution in [2.24, 2.45) is 0 Å². The first kappa shape index (κ1) is 14.5. The second kappa shape index (κ2) is 7.70. The highest BCUT2D eigenvalue weighted by molar-refractivity contribution is 7.58. The van der Waals surface area contributed by atoms with E-state index in [1.165, 1.54) is 0 Å². The highest BCUT2D eigenvalue weighted by Gasteiger charge is 2.25. The summed E-state index contributed by atoms with van der Waals surface area (Å²) >= 11 is 0. The molecule has 0 aromatic heterocycles. The van der Waals surface area contributed by atoms with Crippen molar-refractivity contribution in [3.05, 3.63) is 11.4 Å². The molecule has 15 heavy (non-hydrogen) atoms. The van der Waals surface area contributed by atoms with Crippen LogP contribution in [0.1, 0.15) is 34.1 Å². The summed E-state index contributed by atoms with van der Waals surface area (Å²) in [5, 5.41) is 0.562. The van der Waals surface area contributed by atoms with Gasteiger partial charge in [-0.15, -0.1) is 0 Å². The fourth-order valence-electron chi connectivity index (χ4n) is 0.917. The monoisotopic (exact) mass is 230 g/mol. The maximum Gasteiger partial charge on any atom is 0.357 e. The zero-order valence-electron chi connectivity index (χ0n) is 9.87. The summed E-state index contributed by atoms with van der Waals surface area (Å²) in [6, 6.07) is 0. The van der Waals surface area contributed by atoms with E-state index >= 15 is 0 Å². The summed E-state index contributed by atoms with van der Waals surface area (Å²) < 4.78 is 22.4. The molecule has 0 amide bonds. The van der Waals surface area contributed by atoms with E-state index in [-0.39, 0.29) is 0 Å². The van der Waals surface area contributed by atoms with Gasteiger partial charge in [0.25, 0.3) is 0 Å². The van der Waals surface area contributed by atoms with Crippen molar-refractivity contribution in [3.8, 4) is 11.8 Å². The molecule has 0 bridgehead atoms. The quantitative estimate of drug-likeness (QED) is 0.535. The molecule has 86 valence electrons. The molecule has 0 aliphatic rings. The third-order valence-corrected chi connectivity index (χ3v) is 3.78. The second-order valence-electron chi connectivity index (χ2n) is 2.79. The van der Waals surface area contributed by atoms with Crippen LogP contribution in [-0.4, -0.2) is 13.2 Å². The van der Waals surface area contributed by atoms with E-state index in [1.54, 1.807) is 26.8 Å². The van der Waals surface area contributed by atoms with Crippen LogP contribution in [0.4, 0.5) is 0 Å². The summed E-state index contributed by atoms with van der Waals surface area (Å²) in [4.78, 5) is 0. The molecule has 0 saturated carbocycles. The number of allylic oxidation sites excluding steroid dienone is 2. The fourth-order valence-corrected chi connectivity index (χ4v) is 2.30. The molecule has 0 rings (SSSR count). The molecule has 0 fully saturated rings. The molecule has 0 aliphatic heterocycles. The Hall–Kier alpha value is -0.550. The molecule has 0 atom stereocenters. The zero-order valence-corrected chi connectivity index (χ0v) is 10.8. The number of hydrogen-bond donors (Lipinski definition) is 0. The minimum absolute atomic E-state index is 0.365. The third-order valence-electron chi connectivity index (χ3n) is 1.59. The van der Waals surface area contributed by atoms with Gasteiger partial charge in [-0.3, -0.25) is 4.57 Å². The Morgan fingerprint density at radius 1 is 1.27 bits per heavy atom. The molecule has 0 saturated heterocycles. The average Bonchev–Trinajstić information content (AvgIpc) is 2.18. The first-order valence-corrected chi connectivity index (χ1v) is 6.69. The second-order valence-corrected chi connectivity index (χ2v) is 5.01. The van der Waals surface area contributed by atoms with Crippen LogP contribution in [0.25, 0.3) is 0 Å². The fraction of sp³-hybridized carbons (Fsp3) is 0.636. The van der Waals surface area contributed by atoms with Crippen LogP contribution >= 0.6 is 7.60 Å². The van der Waals surface area contributed by atoms with Crippen LogP contribution in [0.5, 0.6) is 0 Å². The standard InChI is InChI=1S/C11H19O3P/c1-5-8-9-10-11(4)15(12,13-6-2)14-7-3/h10H,5-7H2,1-4H3. The lowest BCUT2D eigenvalue weighted by Gasteiger charge is -2.16. The number of rotatable bonds is 5. The molecule has 0 radical (unpaired) electrons. The first-order valence-electron chi connectivity index (χ1n) is 5.15. The maximum absolute atomic E-state index is 12.1. The van der Waals surface area contributed by atoms with Crippen molar-refractivity contribution < 1.29 is 13.6 Å². The van der Waals surface area contributed by atoms with E-state index < -0.39 is 7.60 Å². The molecule has 0 N–H and O–H groups in total. The molecule has 0 heterocycles.